The van der Waals surface area contributed by atoms with Crippen LogP contribution in [0.3, 0.4) is 0 Å². The Morgan fingerprint density at radius 2 is 2.29 bits per heavy atom. The van der Waals surface area contributed by atoms with Crippen molar-refractivity contribution in [1.29, 1.82) is 0 Å². The van der Waals surface area contributed by atoms with Gasteiger partial charge in [0, 0.05) is 5.56 Å². The molecule has 1 amide bonds. The van der Waals surface area contributed by atoms with Crippen molar-refractivity contribution in [2.45, 2.75) is 26.8 Å². The molecule has 5 nitrogen and oxygen atoms in total. The average Bonchev–Trinajstić information content (AvgIpc) is 2.46. The van der Waals surface area contributed by atoms with Crippen LogP contribution >= 0.6 is 0 Å². The summed E-state index contributed by atoms with van der Waals surface area (Å²) in [6.07, 6.45) is 0. The first-order valence-electron chi connectivity index (χ1n) is 4.48. The summed E-state index contributed by atoms with van der Waals surface area (Å²) in [5.74, 6) is 0.546. The largest absolute Gasteiger partial charge is 0.361 e. The lowest BCUT2D eigenvalue weighted by Crippen LogP contribution is -2.32. The zero-order valence-electron chi connectivity index (χ0n) is 8.63. The van der Waals surface area contributed by atoms with Gasteiger partial charge >= 0.3 is 0 Å². The molecule has 0 bridgehead atoms. The second-order valence-electron chi connectivity index (χ2n) is 3.23. The van der Waals surface area contributed by atoms with E-state index in [1.54, 1.807) is 0 Å². The number of aryl methyl sites for hydroxylation is 2. The lowest BCUT2D eigenvalue weighted by molar-refractivity contribution is -0.120. The Morgan fingerprint density at radius 1 is 1.64 bits per heavy atom. The third kappa shape index (κ3) is 2.11. The van der Waals surface area contributed by atoms with Gasteiger partial charge in [0.25, 0.3) is 0 Å². The molecule has 1 unspecified atom stereocenters. The molecular weight excluding hydrogens is 182 g/mol. The number of hydrogen-bond acceptors (Lipinski definition) is 4. The van der Waals surface area contributed by atoms with E-state index in [0.717, 1.165) is 17.0 Å². The minimum atomic E-state index is -0.183. The van der Waals surface area contributed by atoms with E-state index in [2.05, 4.69) is 10.5 Å². The summed E-state index contributed by atoms with van der Waals surface area (Å²) in [6, 6.07) is -0.114. The van der Waals surface area contributed by atoms with E-state index in [4.69, 9.17) is 10.3 Å². The van der Waals surface area contributed by atoms with Gasteiger partial charge in [-0.15, -0.1) is 0 Å². The van der Waals surface area contributed by atoms with Crippen molar-refractivity contribution in [3.63, 3.8) is 0 Å². The highest BCUT2D eigenvalue weighted by atomic mass is 16.5. The molecule has 78 valence electrons. The van der Waals surface area contributed by atoms with E-state index in [1.165, 1.54) is 0 Å². The first-order valence-corrected chi connectivity index (χ1v) is 4.48. The molecule has 0 aromatic carbocycles. The molecule has 1 heterocycles. The molecule has 0 aliphatic heterocycles. The molecule has 0 saturated heterocycles. The summed E-state index contributed by atoms with van der Waals surface area (Å²) in [5.41, 5.74) is 6.92. The summed E-state index contributed by atoms with van der Waals surface area (Å²) in [4.78, 5) is 11.1. The van der Waals surface area contributed by atoms with Gasteiger partial charge in [-0.1, -0.05) is 5.16 Å². The zero-order chi connectivity index (χ0) is 10.7. The van der Waals surface area contributed by atoms with Crippen LogP contribution in [0.2, 0.25) is 0 Å². The number of nitrogens with zero attached hydrogens (tertiary/aromatic N) is 1. The highest BCUT2D eigenvalue weighted by Crippen LogP contribution is 2.20. The van der Waals surface area contributed by atoms with E-state index in [-0.39, 0.29) is 18.5 Å². The van der Waals surface area contributed by atoms with Crippen molar-refractivity contribution in [1.82, 2.24) is 10.5 Å². The van der Waals surface area contributed by atoms with Gasteiger partial charge in [-0.2, -0.15) is 0 Å². The normalized spacial score (nSPS) is 12.6. The van der Waals surface area contributed by atoms with Crippen LogP contribution in [-0.4, -0.2) is 17.6 Å². The topological polar surface area (TPSA) is 81.2 Å². The van der Waals surface area contributed by atoms with E-state index in [0.29, 0.717) is 0 Å². The second kappa shape index (κ2) is 4.23. The van der Waals surface area contributed by atoms with Crippen molar-refractivity contribution in [2.24, 2.45) is 5.73 Å². The Hall–Kier alpha value is -1.36. The molecule has 0 aliphatic rings. The van der Waals surface area contributed by atoms with Gasteiger partial charge in [-0.05, 0) is 20.8 Å². The molecule has 3 N–H and O–H groups in total. The number of nitrogens with one attached hydrogen (secondary N) is 1. The van der Waals surface area contributed by atoms with Gasteiger partial charge in [0.15, 0.2) is 0 Å². The van der Waals surface area contributed by atoms with Crippen LogP contribution in [0, 0.1) is 13.8 Å². The molecule has 0 saturated carbocycles. The molecule has 0 fully saturated rings. The standard InChI is InChI=1S/C9H15N3O2/c1-5(11-8(13)4-10)9-6(2)12-14-7(9)3/h5H,4,10H2,1-3H3,(H,11,13). The van der Waals surface area contributed by atoms with Gasteiger partial charge < -0.3 is 15.6 Å². The first kappa shape index (κ1) is 10.7. The van der Waals surface area contributed by atoms with Crippen molar-refractivity contribution in [3.8, 4) is 0 Å². The Balaban J connectivity index is 2.78. The van der Waals surface area contributed by atoms with Crippen LogP contribution in [0.25, 0.3) is 0 Å². The quantitative estimate of drug-likeness (QED) is 0.736. The predicted octanol–water partition coefficient (Wildman–Crippen LogP) is 0.427. The molecule has 14 heavy (non-hydrogen) atoms. The highest BCUT2D eigenvalue weighted by Gasteiger charge is 2.17. The zero-order valence-corrected chi connectivity index (χ0v) is 8.63. The summed E-state index contributed by atoms with van der Waals surface area (Å²) in [7, 11) is 0. The fourth-order valence-corrected chi connectivity index (χ4v) is 1.48. The van der Waals surface area contributed by atoms with Crippen molar-refractivity contribution in [2.75, 3.05) is 6.54 Å². The van der Waals surface area contributed by atoms with Gasteiger partial charge in [-0.25, -0.2) is 0 Å². The van der Waals surface area contributed by atoms with Gasteiger partial charge in [0.2, 0.25) is 5.91 Å². The van der Waals surface area contributed by atoms with Crippen molar-refractivity contribution < 1.29 is 9.32 Å². The average molecular weight is 197 g/mol. The third-order valence-corrected chi connectivity index (χ3v) is 2.08. The maximum atomic E-state index is 11.1. The van der Waals surface area contributed by atoms with Crippen LogP contribution in [0.4, 0.5) is 0 Å². The molecule has 0 aliphatic carbocycles. The maximum absolute atomic E-state index is 11.1. The molecule has 0 radical (unpaired) electrons. The van der Waals surface area contributed by atoms with Crippen molar-refractivity contribution in [3.05, 3.63) is 17.0 Å². The SMILES string of the molecule is Cc1noc(C)c1C(C)NC(=O)CN. The number of rotatable bonds is 3. The van der Waals surface area contributed by atoms with E-state index < -0.39 is 0 Å². The fourth-order valence-electron chi connectivity index (χ4n) is 1.48. The predicted molar refractivity (Wildman–Crippen MR) is 51.6 cm³/mol. The van der Waals surface area contributed by atoms with E-state index in [1.807, 2.05) is 20.8 Å². The third-order valence-electron chi connectivity index (χ3n) is 2.08. The van der Waals surface area contributed by atoms with Gasteiger partial charge in [0.05, 0.1) is 18.3 Å². The Kier molecular flexibility index (Phi) is 3.24. The summed E-state index contributed by atoms with van der Waals surface area (Å²) < 4.78 is 5.00. The van der Waals surface area contributed by atoms with Crippen LogP contribution in [0.1, 0.15) is 30.0 Å². The number of nitrogens with two attached hydrogens (primary N) is 1. The smallest absolute Gasteiger partial charge is 0.234 e. The number of carbonyl (C=O) groups excluding carboxylic acids is 1. The summed E-state index contributed by atoms with van der Waals surface area (Å²) in [6.45, 7) is 5.53. The lowest BCUT2D eigenvalue weighted by atomic mass is 10.1. The monoisotopic (exact) mass is 197 g/mol. The number of hydrogen-bond donors (Lipinski definition) is 2. The Bertz CT molecular complexity index is 313. The molecule has 1 atom stereocenters. The van der Waals surface area contributed by atoms with Gasteiger partial charge in [-0.3, -0.25) is 4.79 Å². The molecule has 0 spiro atoms. The Morgan fingerprint density at radius 3 is 2.71 bits per heavy atom. The minimum absolute atomic E-state index is 0.00623. The number of aromatic nitrogens is 1. The van der Waals surface area contributed by atoms with Crippen LogP contribution in [0.5, 0.6) is 0 Å². The number of carbonyl (C=O) groups is 1. The fraction of sp³-hybridized carbons (Fsp3) is 0.556. The summed E-state index contributed by atoms with van der Waals surface area (Å²) in [5, 5.41) is 6.56. The molecule has 1 rings (SSSR count). The molecule has 1 aromatic rings. The lowest BCUT2D eigenvalue weighted by Gasteiger charge is -2.12. The van der Waals surface area contributed by atoms with E-state index >= 15 is 0 Å². The maximum Gasteiger partial charge on any atom is 0.234 e. The second-order valence-corrected chi connectivity index (χ2v) is 3.23. The van der Waals surface area contributed by atoms with Crippen LogP contribution in [-0.2, 0) is 4.79 Å². The van der Waals surface area contributed by atoms with E-state index in [9.17, 15) is 4.79 Å². The molecule has 5 heteroatoms. The summed E-state index contributed by atoms with van der Waals surface area (Å²) >= 11 is 0. The first-order chi connectivity index (χ1) is 6.56. The van der Waals surface area contributed by atoms with Crippen LogP contribution < -0.4 is 11.1 Å². The molecular formula is C9H15N3O2. The Labute approximate surface area is 82.6 Å². The highest BCUT2D eigenvalue weighted by molar-refractivity contribution is 5.78. The number of amides is 1. The van der Waals surface area contributed by atoms with Crippen LogP contribution in [0.15, 0.2) is 4.52 Å². The van der Waals surface area contributed by atoms with Gasteiger partial charge in [0.1, 0.15) is 5.76 Å². The molecule has 1 aromatic heterocycles. The van der Waals surface area contributed by atoms with Crippen molar-refractivity contribution >= 4 is 5.91 Å². The minimum Gasteiger partial charge on any atom is -0.361 e.